The van der Waals surface area contributed by atoms with Gasteiger partial charge in [0.2, 0.25) is 0 Å². The van der Waals surface area contributed by atoms with E-state index in [1.54, 1.807) is 0 Å². The fraction of sp³-hybridized carbons (Fsp3) is 0.824. The second-order valence-electron chi connectivity index (χ2n) is 5.79. The standard InChI is InChI=1S/C17H32N2S/c1-5-6-7-8-9-10-11-12-13-16(18-4)17-14(2)19-15(3)20-17/h16,18H,5-13H2,1-4H3. The van der Waals surface area contributed by atoms with Gasteiger partial charge in [0.1, 0.15) is 0 Å². The molecule has 116 valence electrons. The number of nitrogens with one attached hydrogen (secondary N) is 1. The molecule has 0 aliphatic rings. The molecule has 1 unspecified atom stereocenters. The third-order valence-electron chi connectivity index (χ3n) is 3.95. The van der Waals surface area contributed by atoms with Gasteiger partial charge < -0.3 is 5.32 Å². The predicted octanol–water partition coefficient (Wildman–Crippen LogP) is 5.55. The van der Waals surface area contributed by atoms with E-state index < -0.39 is 0 Å². The number of thiazole rings is 1. The molecule has 1 N–H and O–H groups in total. The summed E-state index contributed by atoms with van der Waals surface area (Å²) in [6, 6.07) is 0.501. The van der Waals surface area contributed by atoms with Gasteiger partial charge in [-0.2, -0.15) is 0 Å². The average Bonchev–Trinajstić information content (AvgIpc) is 2.76. The van der Waals surface area contributed by atoms with Crippen molar-refractivity contribution in [3.63, 3.8) is 0 Å². The van der Waals surface area contributed by atoms with Crippen molar-refractivity contribution in [2.24, 2.45) is 0 Å². The summed E-state index contributed by atoms with van der Waals surface area (Å²) in [4.78, 5) is 5.98. The molecule has 2 nitrogen and oxygen atoms in total. The van der Waals surface area contributed by atoms with Crippen molar-refractivity contribution < 1.29 is 0 Å². The molecule has 0 spiro atoms. The maximum Gasteiger partial charge on any atom is 0.0900 e. The molecule has 0 aliphatic heterocycles. The number of nitrogens with zero attached hydrogens (tertiary/aromatic N) is 1. The fourth-order valence-electron chi connectivity index (χ4n) is 2.76. The van der Waals surface area contributed by atoms with Crippen LogP contribution in [0.4, 0.5) is 0 Å². The first-order valence-electron chi connectivity index (χ1n) is 8.30. The van der Waals surface area contributed by atoms with Gasteiger partial charge in [0, 0.05) is 10.9 Å². The van der Waals surface area contributed by atoms with Gasteiger partial charge in [-0.15, -0.1) is 11.3 Å². The van der Waals surface area contributed by atoms with Crippen LogP contribution in [0.5, 0.6) is 0 Å². The maximum absolute atomic E-state index is 4.54. The van der Waals surface area contributed by atoms with Gasteiger partial charge in [-0.3, -0.25) is 0 Å². The van der Waals surface area contributed by atoms with E-state index in [-0.39, 0.29) is 0 Å². The molecule has 0 aromatic carbocycles. The van der Waals surface area contributed by atoms with E-state index in [0.29, 0.717) is 6.04 Å². The van der Waals surface area contributed by atoms with E-state index in [4.69, 9.17) is 0 Å². The monoisotopic (exact) mass is 296 g/mol. The van der Waals surface area contributed by atoms with Gasteiger partial charge in [0.05, 0.1) is 10.7 Å². The molecular formula is C17H32N2S. The highest BCUT2D eigenvalue weighted by Gasteiger charge is 2.15. The molecule has 20 heavy (non-hydrogen) atoms. The van der Waals surface area contributed by atoms with Crippen molar-refractivity contribution >= 4 is 11.3 Å². The summed E-state index contributed by atoms with van der Waals surface area (Å²) < 4.78 is 0. The van der Waals surface area contributed by atoms with Crippen LogP contribution in [-0.4, -0.2) is 12.0 Å². The van der Waals surface area contributed by atoms with E-state index >= 15 is 0 Å². The van der Waals surface area contributed by atoms with E-state index in [0.717, 1.165) is 0 Å². The zero-order valence-electron chi connectivity index (χ0n) is 13.8. The van der Waals surface area contributed by atoms with Crippen molar-refractivity contribution in [1.29, 1.82) is 0 Å². The predicted molar refractivity (Wildman–Crippen MR) is 90.6 cm³/mol. The maximum atomic E-state index is 4.54. The average molecular weight is 297 g/mol. The van der Waals surface area contributed by atoms with E-state index in [1.807, 2.05) is 11.3 Å². The summed E-state index contributed by atoms with van der Waals surface area (Å²) >= 11 is 1.85. The fourth-order valence-corrected chi connectivity index (χ4v) is 3.83. The summed E-state index contributed by atoms with van der Waals surface area (Å²) in [5, 5.41) is 4.65. The lowest BCUT2D eigenvalue weighted by Crippen LogP contribution is -2.16. The zero-order valence-corrected chi connectivity index (χ0v) is 14.6. The Hall–Kier alpha value is -0.410. The number of rotatable bonds is 11. The van der Waals surface area contributed by atoms with Gasteiger partial charge in [-0.05, 0) is 27.3 Å². The third-order valence-corrected chi connectivity index (χ3v) is 5.14. The summed E-state index contributed by atoms with van der Waals surface area (Å²) in [5.74, 6) is 0. The largest absolute Gasteiger partial charge is 0.312 e. The Labute approximate surface area is 129 Å². The van der Waals surface area contributed by atoms with Crippen LogP contribution >= 0.6 is 11.3 Å². The number of aromatic nitrogens is 1. The van der Waals surface area contributed by atoms with Crippen molar-refractivity contribution in [3.05, 3.63) is 15.6 Å². The van der Waals surface area contributed by atoms with Gasteiger partial charge in [0.25, 0.3) is 0 Å². The van der Waals surface area contributed by atoms with Gasteiger partial charge >= 0.3 is 0 Å². The summed E-state index contributed by atoms with van der Waals surface area (Å²) in [7, 11) is 2.07. The lowest BCUT2D eigenvalue weighted by molar-refractivity contribution is 0.497. The topological polar surface area (TPSA) is 24.9 Å². The molecule has 0 radical (unpaired) electrons. The lowest BCUT2D eigenvalue weighted by Gasteiger charge is -2.15. The second-order valence-corrected chi connectivity index (χ2v) is 7.02. The molecule has 1 rings (SSSR count). The molecule has 0 saturated heterocycles. The summed E-state index contributed by atoms with van der Waals surface area (Å²) in [6.07, 6.45) is 12.4. The number of unbranched alkanes of at least 4 members (excludes halogenated alkanes) is 7. The van der Waals surface area contributed by atoms with Crippen molar-refractivity contribution in [3.8, 4) is 0 Å². The second kappa shape index (κ2) is 10.3. The van der Waals surface area contributed by atoms with Crippen LogP contribution in [-0.2, 0) is 0 Å². The highest BCUT2D eigenvalue weighted by Crippen LogP contribution is 2.28. The lowest BCUT2D eigenvalue weighted by atomic mass is 10.0. The van der Waals surface area contributed by atoms with Crippen LogP contribution in [0.2, 0.25) is 0 Å². The molecule has 1 atom stereocenters. The smallest absolute Gasteiger partial charge is 0.0900 e. The first kappa shape index (κ1) is 17.6. The third kappa shape index (κ3) is 6.36. The molecule has 0 amide bonds. The van der Waals surface area contributed by atoms with Crippen LogP contribution in [0.25, 0.3) is 0 Å². The van der Waals surface area contributed by atoms with E-state index in [1.165, 1.54) is 73.4 Å². The van der Waals surface area contributed by atoms with Crippen molar-refractivity contribution in [1.82, 2.24) is 10.3 Å². The summed E-state index contributed by atoms with van der Waals surface area (Å²) in [5.41, 5.74) is 1.21. The molecule has 0 fully saturated rings. The van der Waals surface area contributed by atoms with Gasteiger partial charge in [-0.25, -0.2) is 4.98 Å². The number of hydrogen-bond acceptors (Lipinski definition) is 3. The highest BCUT2D eigenvalue weighted by molar-refractivity contribution is 7.11. The Morgan fingerprint density at radius 3 is 2.10 bits per heavy atom. The Morgan fingerprint density at radius 1 is 1.00 bits per heavy atom. The Balaban J connectivity index is 2.17. The molecule has 1 heterocycles. The minimum absolute atomic E-state index is 0.501. The van der Waals surface area contributed by atoms with Gasteiger partial charge in [-0.1, -0.05) is 58.3 Å². The Morgan fingerprint density at radius 2 is 1.60 bits per heavy atom. The van der Waals surface area contributed by atoms with Crippen LogP contribution in [0.1, 0.15) is 86.3 Å². The number of hydrogen-bond donors (Lipinski definition) is 1. The molecule has 1 aromatic heterocycles. The molecule has 1 aromatic rings. The molecular weight excluding hydrogens is 264 g/mol. The van der Waals surface area contributed by atoms with Crippen LogP contribution < -0.4 is 5.32 Å². The van der Waals surface area contributed by atoms with Crippen molar-refractivity contribution in [2.45, 2.75) is 84.6 Å². The minimum Gasteiger partial charge on any atom is -0.312 e. The van der Waals surface area contributed by atoms with Crippen molar-refractivity contribution in [2.75, 3.05) is 7.05 Å². The highest BCUT2D eigenvalue weighted by atomic mass is 32.1. The SMILES string of the molecule is CCCCCCCCCCC(NC)c1sc(C)nc1C. The molecule has 0 saturated carbocycles. The zero-order chi connectivity index (χ0) is 14.8. The van der Waals surface area contributed by atoms with Crippen LogP contribution in [0.15, 0.2) is 0 Å². The Bertz CT molecular complexity index is 360. The quantitative estimate of drug-likeness (QED) is 0.541. The molecule has 0 aliphatic carbocycles. The van der Waals surface area contributed by atoms with E-state index in [9.17, 15) is 0 Å². The number of aryl methyl sites for hydroxylation is 2. The van der Waals surface area contributed by atoms with Gasteiger partial charge in [0.15, 0.2) is 0 Å². The molecule has 0 bridgehead atoms. The van der Waals surface area contributed by atoms with E-state index in [2.05, 4.69) is 38.1 Å². The summed E-state index contributed by atoms with van der Waals surface area (Å²) in [6.45, 7) is 6.52. The first-order valence-corrected chi connectivity index (χ1v) is 9.11. The first-order chi connectivity index (χ1) is 9.69. The minimum atomic E-state index is 0.501. The Kier molecular flexibility index (Phi) is 9.12. The van der Waals surface area contributed by atoms with Crippen LogP contribution in [0.3, 0.4) is 0 Å². The van der Waals surface area contributed by atoms with Crippen LogP contribution in [0, 0.1) is 13.8 Å². The normalized spacial score (nSPS) is 12.8. The molecule has 3 heteroatoms.